The number of ether oxygens (including phenoxy) is 1. The molecule has 0 aliphatic rings. The smallest absolute Gasteiger partial charge is 0.410 e. The molecular formula is C15H21NO3. The Hall–Kier alpha value is -1.84. The fraction of sp³-hybridized carbons (Fsp3) is 0.467. The Morgan fingerprint density at radius 2 is 2.05 bits per heavy atom. The number of carbonyl (C=O) groups excluding carboxylic acids is 2. The van der Waals surface area contributed by atoms with Crippen LogP contribution in [0.15, 0.2) is 30.3 Å². The van der Waals surface area contributed by atoms with Gasteiger partial charge in [0.1, 0.15) is 12.9 Å². The molecule has 0 N–H and O–H groups in total. The van der Waals surface area contributed by atoms with E-state index in [9.17, 15) is 9.59 Å². The highest BCUT2D eigenvalue weighted by Crippen LogP contribution is 2.08. The van der Waals surface area contributed by atoms with Gasteiger partial charge < -0.3 is 14.4 Å². The molecule has 1 aromatic carbocycles. The SMILES string of the molecule is CCCCC(C=O)N(C)C(=O)OCc1ccccc1. The molecule has 1 rings (SSSR count). The van der Waals surface area contributed by atoms with E-state index in [1.54, 1.807) is 7.05 Å². The summed E-state index contributed by atoms with van der Waals surface area (Å²) in [4.78, 5) is 24.2. The Bertz CT molecular complexity index is 392. The summed E-state index contributed by atoms with van der Waals surface area (Å²) < 4.78 is 5.18. The van der Waals surface area contributed by atoms with E-state index in [2.05, 4.69) is 6.92 Å². The molecule has 1 aromatic rings. The van der Waals surface area contributed by atoms with Crippen LogP contribution in [0.3, 0.4) is 0 Å². The number of likely N-dealkylation sites (N-methyl/N-ethyl adjacent to an activating group) is 1. The molecular weight excluding hydrogens is 242 g/mol. The quantitative estimate of drug-likeness (QED) is 0.710. The van der Waals surface area contributed by atoms with Crippen molar-refractivity contribution >= 4 is 12.4 Å². The number of benzene rings is 1. The second-order valence-corrected chi connectivity index (χ2v) is 4.50. The Morgan fingerprint density at radius 1 is 1.37 bits per heavy atom. The molecule has 1 amide bonds. The maximum atomic E-state index is 11.8. The lowest BCUT2D eigenvalue weighted by atomic mass is 10.1. The number of hydrogen-bond acceptors (Lipinski definition) is 3. The standard InChI is InChI=1S/C15H21NO3/c1-3-4-10-14(11-17)16(2)15(18)19-12-13-8-6-5-7-9-13/h5-9,11,14H,3-4,10,12H2,1-2H3. The highest BCUT2D eigenvalue weighted by molar-refractivity contribution is 5.73. The van der Waals surface area contributed by atoms with Crippen LogP contribution in [0.2, 0.25) is 0 Å². The van der Waals surface area contributed by atoms with Crippen molar-refractivity contribution in [3.63, 3.8) is 0 Å². The lowest BCUT2D eigenvalue weighted by Crippen LogP contribution is -2.38. The first kappa shape index (κ1) is 15.2. The van der Waals surface area contributed by atoms with E-state index in [4.69, 9.17) is 4.74 Å². The minimum atomic E-state index is -0.461. The van der Waals surface area contributed by atoms with Crippen LogP contribution in [-0.2, 0) is 16.1 Å². The third-order valence-corrected chi connectivity index (χ3v) is 3.00. The van der Waals surface area contributed by atoms with Crippen LogP contribution >= 0.6 is 0 Å². The predicted molar refractivity (Wildman–Crippen MR) is 73.8 cm³/mol. The van der Waals surface area contributed by atoms with Crippen molar-refractivity contribution in [1.82, 2.24) is 4.90 Å². The zero-order chi connectivity index (χ0) is 14.1. The molecule has 0 saturated carbocycles. The van der Waals surface area contributed by atoms with E-state index in [0.29, 0.717) is 6.42 Å². The molecule has 0 heterocycles. The molecule has 0 spiro atoms. The fourth-order valence-electron chi connectivity index (χ4n) is 1.72. The molecule has 1 atom stereocenters. The van der Waals surface area contributed by atoms with E-state index >= 15 is 0 Å². The van der Waals surface area contributed by atoms with Crippen LogP contribution in [-0.4, -0.2) is 30.4 Å². The van der Waals surface area contributed by atoms with E-state index in [0.717, 1.165) is 24.7 Å². The zero-order valence-electron chi connectivity index (χ0n) is 11.5. The maximum absolute atomic E-state index is 11.8. The first-order valence-electron chi connectivity index (χ1n) is 6.57. The van der Waals surface area contributed by atoms with Crippen molar-refractivity contribution in [2.24, 2.45) is 0 Å². The highest BCUT2D eigenvalue weighted by atomic mass is 16.6. The third kappa shape index (κ3) is 5.12. The molecule has 0 saturated heterocycles. The Labute approximate surface area is 114 Å². The van der Waals surface area contributed by atoms with Crippen LogP contribution in [0.4, 0.5) is 4.79 Å². The summed E-state index contributed by atoms with van der Waals surface area (Å²) in [6, 6.07) is 9.07. The van der Waals surface area contributed by atoms with Crippen molar-refractivity contribution < 1.29 is 14.3 Å². The Morgan fingerprint density at radius 3 is 2.63 bits per heavy atom. The zero-order valence-corrected chi connectivity index (χ0v) is 11.5. The minimum absolute atomic E-state index is 0.226. The lowest BCUT2D eigenvalue weighted by Gasteiger charge is -2.23. The molecule has 0 aliphatic carbocycles. The second-order valence-electron chi connectivity index (χ2n) is 4.50. The van der Waals surface area contributed by atoms with Crippen LogP contribution in [0.25, 0.3) is 0 Å². The van der Waals surface area contributed by atoms with Gasteiger partial charge in [-0.2, -0.15) is 0 Å². The summed E-state index contributed by atoms with van der Waals surface area (Å²) in [7, 11) is 1.60. The van der Waals surface area contributed by atoms with E-state index in [1.807, 2.05) is 30.3 Å². The number of rotatable bonds is 7. The molecule has 19 heavy (non-hydrogen) atoms. The molecule has 0 aromatic heterocycles. The topological polar surface area (TPSA) is 46.6 Å². The first-order chi connectivity index (χ1) is 9.19. The molecule has 0 aliphatic heterocycles. The van der Waals surface area contributed by atoms with Crippen molar-refractivity contribution in [3.05, 3.63) is 35.9 Å². The summed E-state index contributed by atoms with van der Waals surface area (Å²) in [5.74, 6) is 0. The molecule has 104 valence electrons. The molecule has 1 unspecified atom stereocenters. The minimum Gasteiger partial charge on any atom is -0.445 e. The van der Waals surface area contributed by atoms with Gasteiger partial charge in [-0.1, -0.05) is 50.1 Å². The van der Waals surface area contributed by atoms with Crippen LogP contribution in [0, 0.1) is 0 Å². The number of amides is 1. The van der Waals surface area contributed by atoms with Crippen LogP contribution in [0.1, 0.15) is 31.7 Å². The number of aldehydes is 1. The summed E-state index contributed by atoms with van der Waals surface area (Å²) in [6.45, 7) is 2.28. The third-order valence-electron chi connectivity index (χ3n) is 3.00. The first-order valence-corrected chi connectivity index (χ1v) is 6.57. The van der Waals surface area contributed by atoms with E-state index in [-0.39, 0.29) is 6.61 Å². The molecule has 0 radical (unpaired) electrons. The van der Waals surface area contributed by atoms with Gasteiger partial charge in [0.25, 0.3) is 0 Å². The monoisotopic (exact) mass is 263 g/mol. The summed E-state index contributed by atoms with van der Waals surface area (Å²) in [6.07, 6.45) is 2.94. The van der Waals surface area contributed by atoms with Gasteiger partial charge in [0, 0.05) is 7.05 Å². The summed E-state index contributed by atoms with van der Waals surface area (Å²) >= 11 is 0. The molecule has 0 bridgehead atoms. The van der Waals surface area contributed by atoms with Gasteiger partial charge in [0.05, 0.1) is 6.04 Å². The van der Waals surface area contributed by atoms with Gasteiger partial charge in [-0.15, -0.1) is 0 Å². The van der Waals surface area contributed by atoms with E-state index in [1.165, 1.54) is 4.90 Å². The lowest BCUT2D eigenvalue weighted by molar-refractivity contribution is -0.112. The Kier molecular flexibility index (Phi) is 6.64. The van der Waals surface area contributed by atoms with Crippen molar-refractivity contribution in [2.75, 3.05) is 7.05 Å². The molecule has 4 nitrogen and oxygen atoms in total. The van der Waals surface area contributed by atoms with Crippen molar-refractivity contribution in [1.29, 1.82) is 0 Å². The van der Waals surface area contributed by atoms with Gasteiger partial charge in [-0.05, 0) is 12.0 Å². The van der Waals surface area contributed by atoms with Crippen molar-refractivity contribution in [2.45, 2.75) is 38.8 Å². The average molecular weight is 263 g/mol. The average Bonchev–Trinajstić information content (AvgIpc) is 2.46. The maximum Gasteiger partial charge on any atom is 0.410 e. The second kappa shape index (κ2) is 8.29. The molecule has 0 fully saturated rings. The highest BCUT2D eigenvalue weighted by Gasteiger charge is 2.19. The fourth-order valence-corrected chi connectivity index (χ4v) is 1.72. The van der Waals surface area contributed by atoms with Gasteiger partial charge in [0.15, 0.2) is 0 Å². The predicted octanol–water partition coefficient (Wildman–Crippen LogP) is 3.01. The van der Waals surface area contributed by atoms with Crippen LogP contribution < -0.4 is 0 Å². The Balaban J connectivity index is 2.45. The van der Waals surface area contributed by atoms with E-state index < -0.39 is 12.1 Å². The van der Waals surface area contributed by atoms with Crippen LogP contribution in [0.5, 0.6) is 0 Å². The van der Waals surface area contributed by atoms with Crippen molar-refractivity contribution in [3.8, 4) is 0 Å². The normalized spacial score (nSPS) is 11.7. The van der Waals surface area contributed by atoms with Gasteiger partial charge in [0.2, 0.25) is 0 Å². The summed E-state index contributed by atoms with van der Waals surface area (Å²) in [5.41, 5.74) is 0.931. The number of unbranched alkanes of at least 4 members (excludes halogenated alkanes) is 1. The van der Waals surface area contributed by atoms with Gasteiger partial charge in [-0.25, -0.2) is 4.79 Å². The van der Waals surface area contributed by atoms with Gasteiger partial charge >= 0.3 is 6.09 Å². The summed E-state index contributed by atoms with van der Waals surface area (Å²) in [5, 5.41) is 0. The number of nitrogens with zero attached hydrogens (tertiary/aromatic N) is 1. The number of hydrogen-bond donors (Lipinski definition) is 0. The van der Waals surface area contributed by atoms with Gasteiger partial charge in [-0.3, -0.25) is 0 Å². The molecule has 4 heteroatoms. The largest absolute Gasteiger partial charge is 0.445 e. The number of carbonyl (C=O) groups is 2.